The van der Waals surface area contributed by atoms with E-state index in [2.05, 4.69) is 20.8 Å². The van der Waals surface area contributed by atoms with Crippen molar-refractivity contribution in [1.29, 1.82) is 0 Å². The van der Waals surface area contributed by atoms with Crippen LogP contribution in [0.1, 0.15) is 47.0 Å². The van der Waals surface area contributed by atoms with Crippen LogP contribution in [0.2, 0.25) is 0 Å². The summed E-state index contributed by atoms with van der Waals surface area (Å²) in [6, 6.07) is 0. The summed E-state index contributed by atoms with van der Waals surface area (Å²) in [5, 5.41) is 0. The number of ether oxygens (including phenoxy) is 1. The van der Waals surface area contributed by atoms with Gasteiger partial charge < -0.3 is 4.74 Å². The van der Waals surface area contributed by atoms with Crippen LogP contribution in [-0.2, 0) is 9.53 Å². The summed E-state index contributed by atoms with van der Waals surface area (Å²) >= 11 is 1.71. The molecule has 0 spiro atoms. The molecule has 2 rings (SSSR count). The molecule has 0 bridgehead atoms. The van der Waals surface area contributed by atoms with E-state index in [1.165, 1.54) is 12.8 Å². The minimum atomic E-state index is -0.235. The second-order valence-corrected chi connectivity index (χ2v) is 7.58. The maximum atomic E-state index is 11.5. The van der Waals surface area contributed by atoms with E-state index < -0.39 is 0 Å². The first-order valence-electron chi connectivity index (χ1n) is 6.24. The molecule has 0 aromatic rings. The fraction of sp³-hybridized carbons (Fsp3) is 0.923. The lowest BCUT2D eigenvalue weighted by Crippen LogP contribution is -2.50. The summed E-state index contributed by atoms with van der Waals surface area (Å²) in [4.78, 5) is 11.5. The van der Waals surface area contributed by atoms with Gasteiger partial charge in [0, 0.05) is 4.75 Å². The van der Waals surface area contributed by atoms with Gasteiger partial charge in [-0.1, -0.05) is 27.2 Å². The summed E-state index contributed by atoms with van der Waals surface area (Å²) in [5.74, 6) is 1.52. The van der Waals surface area contributed by atoms with Crippen LogP contribution in [0.3, 0.4) is 0 Å². The predicted molar refractivity (Wildman–Crippen MR) is 67.5 cm³/mol. The van der Waals surface area contributed by atoms with Gasteiger partial charge in [0.15, 0.2) is 11.2 Å². The van der Waals surface area contributed by atoms with Crippen molar-refractivity contribution in [3.05, 3.63) is 0 Å². The van der Waals surface area contributed by atoms with E-state index in [1.807, 2.05) is 0 Å². The SMILES string of the molecule is CC(=O)C1OC2CC(C)CCC2C(C)(C)S1. The van der Waals surface area contributed by atoms with Gasteiger partial charge in [0.25, 0.3) is 0 Å². The van der Waals surface area contributed by atoms with Gasteiger partial charge in [-0.3, -0.25) is 4.79 Å². The number of fused-ring (bicyclic) bond motifs is 1. The van der Waals surface area contributed by atoms with E-state index >= 15 is 0 Å². The highest BCUT2D eigenvalue weighted by molar-refractivity contribution is 8.01. The second-order valence-electron chi connectivity index (χ2n) is 5.86. The maximum absolute atomic E-state index is 11.5. The van der Waals surface area contributed by atoms with Gasteiger partial charge in [-0.25, -0.2) is 0 Å². The Morgan fingerprint density at radius 2 is 2.06 bits per heavy atom. The van der Waals surface area contributed by atoms with Gasteiger partial charge >= 0.3 is 0 Å². The summed E-state index contributed by atoms with van der Waals surface area (Å²) in [6.07, 6.45) is 3.97. The van der Waals surface area contributed by atoms with E-state index in [0.29, 0.717) is 12.0 Å². The molecule has 0 aromatic carbocycles. The monoisotopic (exact) mass is 242 g/mol. The molecule has 2 nitrogen and oxygen atoms in total. The topological polar surface area (TPSA) is 26.3 Å². The first-order valence-corrected chi connectivity index (χ1v) is 7.12. The highest BCUT2D eigenvalue weighted by atomic mass is 32.2. The second kappa shape index (κ2) is 4.34. The molecule has 1 heterocycles. The van der Waals surface area contributed by atoms with Crippen molar-refractivity contribution in [1.82, 2.24) is 0 Å². The first-order chi connectivity index (χ1) is 7.40. The molecule has 1 saturated heterocycles. The van der Waals surface area contributed by atoms with Crippen molar-refractivity contribution in [3.8, 4) is 0 Å². The number of carbonyl (C=O) groups excluding carboxylic acids is 1. The molecule has 2 fully saturated rings. The number of hydrogen-bond acceptors (Lipinski definition) is 3. The van der Waals surface area contributed by atoms with Crippen molar-refractivity contribution in [2.24, 2.45) is 11.8 Å². The highest BCUT2D eigenvalue weighted by Crippen LogP contribution is 2.50. The zero-order chi connectivity index (χ0) is 11.9. The third-order valence-electron chi connectivity index (χ3n) is 3.99. The summed E-state index contributed by atoms with van der Waals surface area (Å²) in [7, 11) is 0. The average molecular weight is 242 g/mol. The zero-order valence-electron chi connectivity index (χ0n) is 10.7. The van der Waals surface area contributed by atoms with E-state index in [1.54, 1.807) is 18.7 Å². The van der Waals surface area contributed by atoms with E-state index in [9.17, 15) is 4.79 Å². The van der Waals surface area contributed by atoms with E-state index in [-0.39, 0.29) is 16.0 Å². The van der Waals surface area contributed by atoms with Crippen molar-refractivity contribution in [3.63, 3.8) is 0 Å². The predicted octanol–water partition coefficient (Wildman–Crippen LogP) is 3.25. The van der Waals surface area contributed by atoms with Gasteiger partial charge in [0.05, 0.1) is 6.10 Å². The normalized spacial score (nSPS) is 42.5. The molecule has 1 saturated carbocycles. The largest absolute Gasteiger partial charge is 0.356 e. The smallest absolute Gasteiger partial charge is 0.168 e. The Morgan fingerprint density at radius 3 is 2.69 bits per heavy atom. The number of carbonyl (C=O) groups is 1. The molecule has 0 N–H and O–H groups in total. The molecule has 92 valence electrons. The lowest BCUT2D eigenvalue weighted by atomic mass is 9.75. The molecule has 2 aliphatic rings. The molecule has 0 radical (unpaired) electrons. The van der Waals surface area contributed by atoms with Gasteiger partial charge in [0.2, 0.25) is 0 Å². The Labute approximate surface area is 103 Å². The average Bonchev–Trinajstić information content (AvgIpc) is 2.15. The van der Waals surface area contributed by atoms with Crippen molar-refractivity contribution >= 4 is 17.5 Å². The number of hydrogen-bond donors (Lipinski definition) is 0. The van der Waals surface area contributed by atoms with Crippen LogP contribution in [0.15, 0.2) is 0 Å². The molecule has 1 aliphatic heterocycles. The third-order valence-corrected chi connectivity index (χ3v) is 5.56. The van der Waals surface area contributed by atoms with Crippen LogP contribution in [0.5, 0.6) is 0 Å². The number of Topliss-reactive ketones (excluding diaryl/α,β-unsaturated/α-hetero) is 1. The van der Waals surface area contributed by atoms with Crippen molar-refractivity contribution < 1.29 is 9.53 Å². The molecule has 0 amide bonds. The van der Waals surface area contributed by atoms with Crippen LogP contribution in [0.4, 0.5) is 0 Å². The Bertz CT molecular complexity index is 288. The number of ketones is 1. The van der Waals surface area contributed by atoms with Crippen LogP contribution in [0, 0.1) is 11.8 Å². The number of rotatable bonds is 1. The molecule has 16 heavy (non-hydrogen) atoms. The lowest BCUT2D eigenvalue weighted by Gasteiger charge is -2.49. The van der Waals surface area contributed by atoms with Crippen molar-refractivity contribution in [2.45, 2.75) is 63.2 Å². The highest BCUT2D eigenvalue weighted by Gasteiger charge is 2.47. The number of thioether (sulfide) groups is 1. The molecule has 0 aromatic heterocycles. The Morgan fingerprint density at radius 1 is 1.38 bits per heavy atom. The fourth-order valence-electron chi connectivity index (χ4n) is 3.00. The van der Waals surface area contributed by atoms with Crippen molar-refractivity contribution in [2.75, 3.05) is 0 Å². The molecule has 4 unspecified atom stereocenters. The quantitative estimate of drug-likeness (QED) is 0.706. The minimum Gasteiger partial charge on any atom is -0.356 e. The molecule has 1 aliphatic carbocycles. The van der Waals surface area contributed by atoms with Crippen LogP contribution in [0.25, 0.3) is 0 Å². The van der Waals surface area contributed by atoms with Gasteiger partial charge in [0.1, 0.15) is 0 Å². The molecule has 3 heteroatoms. The Hall–Kier alpha value is -0.0200. The minimum absolute atomic E-state index is 0.162. The summed E-state index contributed by atoms with van der Waals surface area (Å²) in [6.45, 7) is 8.46. The zero-order valence-corrected chi connectivity index (χ0v) is 11.5. The standard InChI is InChI=1S/C13H22O2S/c1-8-5-6-10-11(7-8)15-12(9(2)14)16-13(10,3)4/h8,10-12H,5-7H2,1-4H3. The van der Waals surface area contributed by atoms with Crippen LogP contribution >= 0.6 is 11.8 Å². The van der Waals surface area contributed by atoms with Gasteiger partial charge in [-0.2, -0.15) is 0 Å². The maximum Gasteiger partial charge on any atom is 0.168 e. The van der Waals surface area contributed by atoms with Gasteiger partial charge in [-0.05, 0) is 31.6 Å². The molecule has 4 atom stereocenters. The lowest BCUT2D eigenvalue weighted by molar-refractivity contribution is -0.132. The van der Waals surface area contributed by atoms with E-state index in [0.717, 1.165) is 12.3 Å². The third kappa shape index (κ3) is 2.30. The summed E-state index contributed by atoms with van der Waals surface area (Å²) in [5.41, 5.74) is -0.235. The van der Waals surface area contributed by atoms with E-state index in [4.69, 9.17) is 4.74 Å². The fourth-order valence-corrected chi connectivity index (χ4v) is 4.36. The first kappa shape index (κ1) is 12.4. The van der Waals surface area contributed by atoms with Crippen LogP contribution in [-0.4, -0.2) is 22.1 Å². The van der Waals surface area contributed by atoms with Gasteiger partial charge in [-0.15, -0.1) is 11.8 Å². The Kier molecular flexibility index (Phi) is 3.37. The molecular formula is C13H22O2S. The van der Waals surface area contributed by atoms with Crippen LogP contribution < -0.4 is 0 Å². The Balaban J connectivity index is 2.15. The molecular weight excluding hydrogens is 220 g/mol. The summed E-state index contributed by atoms with van der Waals surface area (Å²) < 4.78 is 6.15.